The Bertz CT molecular complexity index is 894. The maximum atomic E-state index is 12.7. The highest BCUT2D eigenvalue weighted by atomic mass is 16.2. The van der Waals surface area contributed by atoms with Crippen molar-refractivity contribution in [3.63, 3.8) is 0 Å². The fourth-order valence-electron chi connectivity index (χ4n) is 3.49. The number of nitrogens with zero attached hydrogens (tertiary/aromatic N) is 2. The van der Waals surface area contributed by atoms with Gasteiger partial charge in [-0.1, -0.05) is 30.3 Å². The Hall–Kier alpha value is -2.99. The lowest BCUT2D eigenvalue weighted by atomic mass is 10.0. The van der Waals surface area contributed by atoms with Crippen LogP contribution in [0.3, 0.4) is 0 Å². The molecule has 0 bridgehead atoms. The number of carbonyl (C=O) groups is 3. The summed E-state index contributed by atoms with van der Waals surface area (Å²) in [5.41, 5.74) is 7.80. The van der Waals surface area contributed by atoms with Crippen LogP contribution in [0.2, 0.25) is 0 Å². The standard InChI is InChI=1S/C20H19N3O3/c21-15-8-9-22(12-15)18(24)14-6-7-16-17(10-14)20(26)23(19(16)25)11-13-4-2-1-3-5-13/h1-7,10,15H,8-9,11-12,21H2/t15-/m1/s1. The normalized spacial score (nSPS) is 19.2. The number of nitrogens with two attached hydrogens (primary N) is 1. The second kappa shape index (κ2) is 6.38. The molecule has 1 saturated heterocycles. The van der Waals surface area contributed by atoms with Crippen molar-refractivity contribution in [2.24, 2.45) is 5.73 Å². The second-order valence-electron chi connectivity index (χ2n) is 6.74. The molecule has 0 spiro atoms. The molecule has 1 fully saturated rings. The van der Waals surface area contributed by atoms with Gasteiger partial charge in [0.1, 0.15) is 0 Å². The van der Waals surface area contributed by atoms with Gasteiger partial charge in [0.25, 0.3) is 17.7 Å². The van der Waals surface area contributed by atoms with Gasteiger partial charge in [-0.3, -0.25) is 19.3 Å². The maximum absolute atomic E-state index is 12.7. The monoisotopic (exact) mass is 349 g/mol. The largest absolute Gasteiger partial charge is 0.337 e. The number of carbonyl (C=O) groups excluding carboxylic acids is 3. The van der Waals surface area contributed by atoms with Crippen LogP contribution in [0.25, 0.3) is 0 Å². The van der Waals surface area contributed by atoms with E-state index in [2.05, 4.69) is 0 Å². The van der Waals surface area contributed by atoms with Crippen molar-refractivity contribution in [1.82, 2.24) is 9.80 Å². The number of fused-ring (bicyclic) bond motifs is 1. The molecule has 0 aromatic heterocycles. The fraction of sp³-hybridized carbons (Fsp3) is 0.250. The molecular weight excluding hydrogens is 330 g/mol. The summed E-state index contributed by atoms with van der Waals surface area (Å²) in [5, 5.41) is 0. The Morgan fingerprint density at radius 3 is 2.46 bits per heavy atom. The number of likely N-dealkylation sites (tertiary alicyclic amines) is 1. The summed E-state index contributed by atoms with van der Waals surface area (Å²) in [4.78, 5) is 40.8. The maximum Gasteiger partial charge on any atom is 0.261 e. The average Bonchev–Trinajstić information content (AvgIpc) is 3.19. The van der Waals surface area contributed by atoms with Crippen molar-refractivity contribution in [3.05, 3.63) is 70.8 Å². The summed E-state index contributed by atoms with van der Waals surface area (Å²) >= 11 is 0. The van der Waals surface area contributed by atoms with E-state index >= 15 is 0 Å². The molecule has 0 aliphatic carbocycles. The van der Waals surface area contributed by atoms with Crippen LogP contribution in [0.15, 0.2) is 48.5 Å². The predicted molar refractivity (Wildman–Crippen MR) is 95.6 cm³/mol. The summed E-state index contributed by atoms with van der Waals surface area (Å²) in [7, 11) is 0. The van der Waals surface area contributed by atoms with Gasteiger partial charge in [0.05, 0.1) is 17.7 Å². The first-order valence-corrected chi connectivity index (χ1v) is 8.63. The van der Waals surface area contributed by atoms with Crippen LogP contribution in [0, 0.1) is 0 Å². The van der Waals surface area contributed by atoms with E-state index in [1.807, 2.05) is 30.3 Å². The Morgan fingerprint density at radius 1 is 1.04 bits per heavy atom. The van der Waals surface area contributed by atoms with E-state index in [0.717, 1.165) is 12.0 Å². The molecule has 2 aromatic carbocycles. The Morgan fingerprint density at radius 2 is 1.77 bits per heavy atom. The molecule has 1 atom stereocenters. The van der Waals surface area contributed by atoms with Crippen molar-refractivity contribution in [3.8, 4) is 0 Å². The van der Waals surface area contributed by atoms with Gasteiger partial charge < -0.3 is 10.6 Å². The molecule has 3 amide bonds. The molecule has 132 valence electrons. The quantitative estimate of drug-likeness (QED) is 0.854. The average molecular weight is 349 g/mol. The molecule has 2 aliphatic heterocycles. The van der Waals surface area contributed by atoms with Crippen LogP contribution < -0.4 is 5.73 Å². The summed E-state index contributed by atoms with van der Waals surface area (Å²) in [6.45, 7) is 1.35. The number of amides is 3. The number of hydrogen-bond donors (Lipinski definition) is 1. The third-order valence-electron chi connectivity index (χ3n) is 4.91. The van der Waals surface area contributed by atoms with Crippen LogP contribution >= 0.6 is 0 Å². The molecule has 6 nitrogen and oxygen atoms in total. The molecule has 0 radical (unpaired) electrons. The van der Waals surface area contributed by atoms with Gasteiger partial charge in [0, 0.05) is 24.7 Å². The summed E-state index contributed by atoms with van der Waals surface area (Å²) in [6, 6.07) is 14.1. The number of benzene rings is 2. The van der Waals surface area contributed by atoms with E-state index in [0.29, 0.717) is 29.8 Å². The lowest BCUT2D eigenvalue weighted by Crippen LogP contribution is -2.32. The van der Waals surface area contributed by atoms with Crippen molar-refractivity contribution in [2.45, 2.75) is 19.0 Å². The van der Waals surface area contributed by atoms with Gasteiger partial charge >= 0.3 is 0 Å². The Balaban J connectivity index is 1.59. The number of hydrogen-bond acceptors (Lipinski definition) is 4. The SMILES string of the molecule is N[C@@H]1CCN(C(=O)c2ccc3c(c2)C(=O)N(Cc2ccccc2)C3=O)C1. The van der Waals surface area contributed by atoms with Crippen molar-refractivity contribution in [2.75, 3.05) is 13.1 Å². The van der Waals surface area contributed by atoms with Gasteiger partial charge in [0.2, 0.25) is 0 Å². The molecule has 2 aromatic rings. The van der Waals surface area contributed by atoms with E-state index < -0.39 is 0 Å². The molecule has 2 N–H and O–H groups in total. The minimum absolute atomic E-state index is 0.00190. The summed E-state index contributed by atoms with van der Waals surface area (Å²) in [5.74, 6) is -0.833. The molecule has 0 saturated carbocycles. The van der Waals surface area contributed by atoms with E-state index in [1.54, 1.807) is 17.0 Å². The van der Waals surface area contributed by atoms with Crippen molar-refractivity contribution < 1.29 is 14.4 Å². The van der Waals surface area contributed by atoms with Crippen LogP contribution in [0.1, 0.15) is 43.1 Å². The first-order chi connectivity index (χ1) is 12.5. The molecular formula is C20H19N3O3. The third kappa shape index (κ3) is 2.78. The fourth-order valence-corrected chi connectivity index (χ4v) is 3.49. The van der Waals surface area contributed by atoms with E-state index in [9.17, 15) is 14.4 Å². The Labute approximate surface area is 151 Å². The third-order valence-corrected chi connectivity index (χ3v) is 4.91. The zero-order valence-corrected chi connectivity index (χ0v) is 14.2. The molecule has 2 heterocycles. The van der Waals surface area contributed by atoms with Crippen LogP contribution in [-0.2, 0) is 6.54 Å². The van der Waals surface area contributed by atoms with E-state index in [4.69, 9.17) is 5.73 Å². The summed E-state index contributed by atoms with van der Waals surface area (Å²) in [6.07, 6.45) is 0.777. The topological polar surface area (TPSA) is 83.7 Å². The molecule has 4 rings (SSSR count). The lowest BCUT2D eigenvalue weighted by molar-refractivity contribution is 0.0642. The highest BCUT2D eigenvalue weighted by molar-refractivity contribution is 6.22. The van der Waals surface area contributed by atoms with Gasteiger partial charge in [-0.05, 0) is 30.2 Å². The van der Waals surface area contributed by atoms with Crippen LogP contribution in [0.5, 0.6) is 0 Å². The molecule has 26 heavy (non-hydrogen) atoms. The zero-order valence-electron chi connectivity index (χ0n) is 14.2. The van der Waals surface area contributed by atoms with Gasteiger partial charge in [0.15, 0.2) is 0 Å². The minimum Gasteiger partial charge on any atom is -0.337 e. The minimum atomic E-state index is -0.360. The van der Waals surface area contributed by atoms with Crippen molar-refractivity contribution >= 4 is 17.7 Å². The first-order valence-electron chi connectivity index (χ1n) is 8.63. The molecule has 2 aliphatic rings. The lowest BCUT2D eigenvalue weighted by Gasteiger charge is -2.16. The van der Waals surface area contributed by atoms with Gasteiger partial charge in [-0.25, -0.2) is 0 Å². The predicted octanol–water partition coefficient (Wildman–Crippen LogP) is 1.66. The first kappa shape index (κ1) is 16.5. The Kier molecular flexibility index (Phi) is 4.05. The van der Waals surface area contributed by atoms with E-state index in [1.165, 1.54) is 11.0 Å². The van der Waals surface area contributed by atoms with Gasteiger partial charge in [-0.2, -0.15) is 0 Å². The van der Waals surface area contributed by atoms with Crippen LogP contribution in [0.4, 0.5) is 0 Å². The highest BCUT2D eigenvalue weighted by Gasteiger charge is 2.36. The highest BCUT2D eigenvalue weighted by Crippen LogP contribution is 2.26. The van der Waals surface area contributed by atoms with Crippen LogP contribution in [-0.4, -0.2) is 46.7 Å². The number of imide groups is 1. The zero-order chi connectivity index (χ0) is 18.3. The summed E-state index contributed by atoms with van der Waals surface area (Å²) < 4.78 is 0. The smallest absolute Gasteiger partial charge is 0.261 e. The van der Waals surface area contributed by atoms with Gasteiger partial charge in [-0.15, -0.1) is 0 Å². The number of rotatable bonds is 3. The second-order valence-corrected chi connectivity index (χ2v) is 6.74. The molecule has 0 unspecified atom stereocenters. The van der Waals surface area contributed by atoms with Crippen molar-refractivity contribution in [1.29, 1.82) is 0 Å². The van der Waals surface area contributed by atoms with E-state index in [-0.39, 0.29) is 30.3 Å². The molecule has 6 heteroatoms.